The average molecular weight is 210 g/mol. The van der Waals surface area contributed by atoms with Crippen LogP contribution in [-0.2, 0) is 4.79 Å². The van der Waals surface area contributed by atoms with Crippen molar-refractivity contribution in [3.8, 4) is 5.75 Å². The summed E-state index contributed by atoms with van der Waals surface area (Å²) in [5, 5.41) is 8.72. The molecule has 0 amide bonds. The van der Waals surface area contributed by atoms with Gasteiger partial charge >= 0.3 is 5.97 Å². The summed E-state index contributed by atoms with van der Waals surface area (Å²) in [6.45, 7) is 0. The second-order valence-corrected chi connectivity index (χ2v) is 3.14. The summed E-state index contributed by atoms with van der Waals surface area (Å²) in [7, 11) is 0. The number of benzene rings is 1. The molecule has 1 N–H and O–H groups in total. The van der Waals surface area contributed by atoms with E-state index in [1.165, 1.54) is 0 Å². The summed E-state index contributed by atoms with van der Waals surface area (Å²) in [6, 6.07) is 9.07. The Labute approximate surface area is 87.3 Å². The first kappa shape index (κ1) is 10.7. The van der Waals surface area contributed by atoms with Gasteiger partial charge in [-0.15, -0.1) is 0 Å². The first-order chi connectivity index (χ1) is 6.68. The average Bonchev–Trinajstić information content (AvgIpc) is 2.16. The van der Waals surface area contributed by atoms with Crippen LogP contribution in [0.1, 0.15) is 12.8 Å². The van der Waals surface area contributed by atoms with E-state index in [0.717, 1.165) is 0 Å². The Kier molecular flexibility index (Phi) is 4.07. The summed E-state index contributed by atoms with van der Waals surface area (Å²) in [5.41, 5.74) is 0. The molecular weight excluding hydrogens is 200 g/mol. The van der Waals surface area contributed by atoms with Crippen molar-refractivity contribution >= 4 is 23.2 Å². The van der Waals surface area contributed by atoms with Crippen LogP contribution in [-0.4, -0.2) is 16.1 Å². The summed E-state index contributed by atoms with van der Waals surface area (Å²) in [5.74, 6) is -0.230. The lowest BCUT2D eigenvalue weighted by Crippen LogP contribution is -2.07. The van der Waals surface area contributed by atoms with E-state index in [9.17, 15) is 4.79 Å². The van der Waals surface area contributed by atoms with Gasteiger partial charge in [-0.1, -0.05) is 18.2 Å². The molecule has 0 atom stereocenters. The van der Waals surface area contributed by atoms with Crippen LogP contribution >= 0.6 is 12.2 Å². The number of rotatable bonds is 4. The number of thiocarbonyl (C=S) groups is 1. The fourth-order valence-electron chi connectivity index (χ4n) is 0.880. The molecule has 1 aromatic rings. The largest absolute Gasteiger partial charge is 0.481 e. The SMILES string of the molecule is O=C(O)CCC(=S)Oc1ccccc1. The van der Waals surface area contributed by atoms with Crippen molar-refractivity contribution in [3.63, 3.8) is 0 Å². The molecule has 14 heavy (non-hydrogen) atoms. The maximum atomic E-state index is 10.2. The minimum absolute atomic E-state index is 0.00562. The Morgan fingerprint density at radius 2 is 1.93 bits per heavy atom. The molecule has 0 aliphatic heterocycles. The maximum Gasteiger partial charge on any atom is 0.303 e. The normalized spacial score (nSPS) is 9.43. The first-order valence-electron chi connectivity index (χ1n) is 4.16. The number of hydrogen-bond donors (Lipinski definition) is 1. The van der Waals surface area contributed by atoms with E-state index in [4.69, 9.17) is 22.1 Å². The quantitative estimate of drug-likeness (QED) is 0.774. The zero-order chi connectivity index (χ0) is 10.4. The van der Waals surface area contributed by atoms with Gasteiger partial charge in [-0.25, -0.2) is 0 Å². The van der Waals surface area contributed by atoms with Crippen molar-refractivity contribution < 1.29 is 14.6 Å². The second-order valence-electron chi connectivity index (χ2n) is 2.68. The molecule has 0 bridgehead atoms. The molecule has 0 radical (unpaired) electrons. The van der Waals surface area contributed by atoms with Crippen LogP contribution in [0.3, 0.4) is 0 Å². The van der Waals surface area contributed by atoms with Gasteiger partial charge in [-0.05, 0) is 24.4 Å². The van der Waals surface area contributed by atoms with E-state index in [2.05, 4.69) is 0 Å². The van der Waals surface area contributed by atoms with Crippen molar-refractivity contribution in [2.24, 2.45) is 0 Å². The number of ether oxygens (including phenoxy) is 1. The lowest BCUT2D eigenvalue weighted by molar-refractivity contribution is -0.136. The standard InChI is InChI=1S/C10H10O3S/c11-9(12)6-7-10(14)13-8-4-2-1-3-5-8/h1-5H,6-7H2,(H,11,12). The van der Waals surface area contributed by atoms with Gasteiger partial charge in [0.1, 0.15) is 5.75 Å². The fourth-order valence-corrected chi connectivity index (χ4v) is 1.08. The highest BCUT2D eigenvalue weighted by Crippen LogP contribution is 2.10. The summed E-state index contributed by atoms with van der Waals surface area (Å²) >= 11 is 4.87. The van der Waals surface area contributed by atoms with Crippen molar-refractivity contribution in [2.75, 3.05) is 0 Å². The molecule has 0 spiro atoms. The van der Waals surface area contributed by atoms with E-state index >= 15 is 0 Å². The highest BCUT2D eigenvalue weighted by atomic mass is 32.1. The van der Waals surface area contributed by atoms with Crippen LogP contribution < -0.4 is 4.74 Å². The number of hydrogen-bond acceptors (Lipinski definition) is 3. The van der Waals surface area contributed by atoms with E-state index in [0.29, 0.717) is 10.8 Å². The topological polar surface area (TPSA) is 46.5 Å². The maximum absolute atomic E-state index is 10.2. The van der Waals surface area contributed by atoms with Crippen molar-refractivity contribution in [1.29, 1.82) is 0 Å². The third kappa shape index (κ3) is 4.00. The molecule has 3 nitrogen and oxygen atoms in total. The van der Waals surface area contributed by atoms with E-state index in [1.807, 2.05) is 18.2 Å². The predicted octanol–water partition coefficient (Wildman–Crippen LogP) is 2.26. The monoisotopic (exact) mass is 210 g/mol. The number of carbonyl (C=O) groups is 1. The molecule has 1 rings (SSSR count). The van der Waals surface area contributed by atoms with Crippen LogP contribution in [0.15, 0.2) is 30.3 Å². The molecule has 0 saturated carbocycles. The van der Waals surface area contributed by atoms with Crippen LogP contribution in [0.4, 0.5) is 0 Å². The predicted molar refractivity (Wildman–Crippen MR) is 56.5 cm³/mol. The van der Waals surface area contributed by atoms with Crippen molar-refractivity contribution in [3.05, 3.63) is 30.3 Å². The molecule has 0 aliphatic carbocycles. The zero-order valence-corrected chi connectivity index (χ0v) is 8.29. The molecule has 0 unspecified atom stereocenters. The molecule has 0 aliphatic rings. The highest BCUT2D eigenvalue weighted by Gasteiger charge is 2.03. The smallest absolute Gasteiger partial charge is 0.303 e. The van der Waals surface area contributed by atoms with E-state index in [-0.39, 0.29) is 12.8 Å². The number of carboxylic acid groups (broad SMARTS) is 1. The Bertz CT molecular complexity index is 321. The third-order valence-corrected chi connectivity index (χ3v) is 1.81. The summed E-state index contributed by atoms with van der Waals surface area (Å²) < 4.78 is 5.23. The second kappa shape index (κ2) is 5.34. The Balaban J connectivity index is 2.38. The first-order valence-corrected chi connectivity index (χ1v) is 4.57. The lowest BCUT2D eigenvalue weighted by Gasteiger charge is -2.04. The third-order valence-electron chi connectivity index (χ3n) is 1.52. The minimum atomic E-state index is -0.871. The van der Waals surface area contributed by atoms with Crippen LogP contribution in [0, 0.1) is 0 Å². The molecule has 1 aromatic carbocycles. The lowest BCUT2D eigenvalue weighted by atomic mass is 10.3. The minimum Gasteiger partial charge on any atom is -0.481 e. The Morgan fingerprint density at radius 3 is 2.50 bits per heavy atom. The number of carboxylic acids is 1. The summed E-state index contributed by atoms with van der Waals surface area (Å²) in [6.07, 6.45) is 0.269. The molecule has 74 valence electrons. The van der Waals surface area contributed by atoms with Crippen LogP contribution in [0.25, 0.3) is 0 Å². The zero-order valence-electron chi connectivity index (χ0n) is 7.47. The Morgan fingerprint density at radius 1 is 1.29 bits per heavy atom. The highest BCUT2D eigenvalue weighted by molar-refractivity contribution is 7.80. The number of aliphatic carboxylic acids is 1. The van der Waals surface area contributed by atoms with Crippen LogP contribution in [0.5, 0.6) is 5.75 Å². The molecule has 0 fully saturated rings. The van der Waals surface area contributed by atoms with Gasteiger partial charge in [0.25, 0.3) is 0 Å². The summed E-state index contributed by atoms with van der Waals surface area (Å²) in [4.78, 5) is 10.2. The van der Waals surface area contributed by atoms with E-state index in [1.54, 1.807) is 12.1 Å². The molecule has 0 saturated heterocycles. The van der Waals surface area contributed by atoms with Gasteiger partial charge in [-0.2, -0.15) is 0 Å². The van der Waals surface area contributed by atoms with Crippen LogP contribution in [0.2, 0.25) is 0 Å². The fraction of sp³-hybridized carbons (Fsp3) is 0.200. The molecular formula is C10H10O3S. The van der Waals surface area contributed by atoms with E-state index < -0.39 is 5.97 Å². The van der Waals surface area contributed by atoms with Gasteiger partial charge in [0, 0.05) is 6.42 Å². The molecule has 0 heterocycles. The van der Waals surface area contributed by atoms with Crippen molar-refractivity contribution in [1.82, 2.24) is 0 Å². The van der Waals surface area contributed by atoms with Crippen molar-refractivity contribution in [2.45, 2.75) is 12.8 Å². The Hall–Kier alpha value is -1.42. The van der Waals surface area contributed by atoms with Gasteiger partial charge in [0.2, 0.25) is 0 Å². The number of para-hydroxylation sites is 1. The van der Waals surface area contributed by atoms with Gasteiger partial charge < -0.3 is 9.84 Å². The van der Waals surface area contributed by atoms with Gasteiger partial charge in [-0.3, -0.25) is 4.79 Å². The van der Waals surface area contributed by atoms with Gasteiger partial charge in [0.05, 0.1) is 6.42 Å². The van der Waals surface area contributed by atoms with Gasteiger partial charge in [0.15, 0.2) is 5.05 Å². The molecule has 4 heteroatoms. The molecule has 0 aromatic heterocycles.